The Morgan fingerprint density at radius 2 is 1.57 bits per heavy atom. The standard InChI is InChI=1S/C18H19N5O5/c1-3-21(4-2)15-7-5-13(6-8-15)12-19-20-18(24)14-9-16(22(25)26)11-17(10-14)23(27)28/h5-12H,3-4H2,1-2H3,(H,20,24)/b19-12+. The highest BCUT2D eigenvalue weighted by Gasteiger charge is 2.19. The van der Waals surface area contributed by atoms with Crippen LogP contribution < -0.4 is 10.3 Å². The third kappa shape index (κ3) is 5.10. The molecule has 2 aromatic carbocycles. The number of non-ortho nitro benzene ring substituents is 2. The zero-order chi connectivity index (χ0) is 20.7. The van der Waals surface area contributed by atoms with Crippen LogP contribution in [0.3, 0.4) is 0 Å². The molecule has 10 heteroatoms. The van der Waals surface area contributed by atoms with E-state index in [9.17, 15) is 25.0 Å². The van der Waals surface area contributed by atoms with Crippen molar-refractivity contribution in [3.05, 3.63) is 73.8 Å². The zero-order valence-corrected chi connectivity index (χ0v) is 15.4. The van der Waals surface area contributed by atoms with Crippen molar-refractivity contribution in [2.45, 2.75) is 13.8 Å². The molecule has 2 rings (SSSR count). The predicted octanol–water partition coefficient (Wildman–Crippen LogP) is 3.11. The van der Waals surface area contributed by atoms with Gasteiger partial charge >= 0.3 is 0 Å². The van der Waals surface area contributed by atoms with E-state index in [1.807, 2.05) is 24.3 Å². The van der Waals surface area contributed by atoms with E-state index in [2.05, 4.69) is 29.3 Å². The van der Waals surface area contributed by atoms with Gasteiger partial charge in [0.15, 0.2) is 0 Å². The average Bonchev–Trinajstić information content (AvgIpc) is 2.69. The highest BCUT2D eigenvalue weighted by atomic mass is 16.6. The fourth-order valence-corrected chi connectivity index (χ4v) is 2.53. The van der Waals surface area contributed by atoms with Gasteiger partial charge in [-0.1, -0.05) is 12.1 Å². The van der Waals surface area contributed by atoms with Crippen molar-refractivity contribution in [3.8, 4) is 0 Å². The van der Waals surface area contributed by atoms with Gasteiger partial charge in [-0.15, -0.1) is 0 Å². The molecular formula is C18H19N5O5. The Balaban J connectivity index is 2.11. The van der Waals surface area contributed by atoms with Crippen molar-refractivity contribution in [1.29, 1.82) is 0 Å². The minimum absolute atomic E-state index is 0.227. The molecule has 0 saturated heterocycles. The van der Waals surface area contributed by atoms with Gasteiger partial charge in [0.2, 0.25) is 0 Å². The molecule has 2 aromatic rings. The summed E-state index contributed by atoms with van der Waals surface area (Å²) in [6, 6.07) is 10.2. The Kier molecular flexibility index (Phi) is 6.74. The Bertz CT molecular complexity index is 875. The summed E-state index contributed by atoms with van der Waals surface area (Å²) < 4.78 is 0. The zero-order valence-electron chi connectivity index (χ0n) is 15.4. The number of amides is 1. The molecule has 28 heavy (non-hydrogen) atoms. The number of nitrogens with one attached hydrogen (secondary N) is 1. The first-order valence-electron chi connectivity index (χ1n) is 8.48. The van der Waals surface area contributed by atoms with Crippen LogP contribution in [-0.4, -0.2) is 35.1 Å². The van der Waals surface area contributed by atoms with Crippen LogP contribution in [0.2, 0.25) is 0 Å². The van der Waals surface area contributed by atoms with Gasteiger partial charge in [-0.2, -0.15) is 5.10 Å². The lowest BCUT2D eigenvalue weighted by molar-refractivity contribution is -0.394. The van der Waals surface area contributed by atoms with Gasteiger partial charge in [-0.3, -0.25) is 25.0 Å². The van der Waals surface area contributed by atoms with Crippen LogP contribution in [0.25, 0.3) is 0 Å². The van der Waals surface area contributed by atoms with E-state index < -0.39 is 27.1 Å². The number of hydrogen-bond acceptors (Lipinski definition) is 7. The summed E-state index contributed by atoms with van der Waals surface area (Å²) in [5.41, 5.74) is 2.70. The van der Waals surface area contributed by atoms with Crippen LogP contribution in [0.1, 0.15) is 29.8 Å². The molecule has 0 aliphatic heterocycles. The number of benzene rings is 2. The Labute approximate surface area is 160 Å². The summed E-state index contributed by atoms with van der Waals surface area (Å²) >= 11 is 0. The van der Waals surface area contributed by atoms with Crippen molar-refractivity contribution >= 4 is 29.2 Å². The number of nitrogens with zero attached hydrogens (tertiary/aromatic N) is 4. The van der Waals surface area contributed by atoms with Crippen LogP contribution in [-0.2, 0) is 0 Å². The molecule has 0 unspecified atom stereocenters. The number of hydrazone groups is 1. The van der Waals surface area contributed by atoms with E-state index in [0.29, 0.717) is 0 Å². The number of nitro benzene ring substituents is 2. The second-order valence-corrected chi connectivity index (χ2v) is 5.72. The molecule has 0 bridgehead atoms. The lowest BCUT2D eigenvalue weighted by Gasteiger charge is -2.20. The Morgan fingerprint density at radius 1 is 1.04 bits per heavy atom. The maximum atomic E-state index is 12.1. The first-order valence-corrected chi connectivity index (χ1v) is 8.48. The quantitative estimate of drug-likeness (QED) is 0.422. The summed E-state index contributed by atoms with van der Waals surface area (Å²) in [5.74, 6) is -0.789. The van der Waals surface area contributed by atoms with Crippen molar-refractivity contribution in [3.63, 3.8) is 0 Å². The molecule has 1 amide bonds. The fraction of sp³-hybridized carbons (Fsp3) is 0.222. The third-order valence-electron chi connectivity index (χ3n) is 3.99. The molecule has 0 aromatic heterocycles. The van der Waals surface area contributed by atoms with Crippen molar-refractivity contribution < 1.29 is 14.6 Å². The Hall–Kier alpha value is -3.82. The van der Waals surface area contributed by atoms with Crippen LogP contribution in [0.5, 0.6) is 0 Å². The van der Waals surface area contributed by atoms with E-state index in [-0.39, 0.29) is 5.56 Å². The second kappa shape index (κ2) is 9.21. The Morgan fingerprint density at radius 3 is 2.04 bits per heavy atom. The molecule has 146 valence electrons. The largest absolute Gasteiger partial charge is 0.372 e. The third-order valence-corrected chi connectivity index (χ3v) is 3.99. The molecule has 0 aliphatic carbocycles. The first-order chi connectivity index (χ1) is 13.3. The van der Waals surface area contributed by atoms with Gasteiger partial charge in [0, 0.05) is 30.9 Å². The average molecular weight is 385 g/mol. The SMILES string of the molecule is CCN(CC)c1ccc(/C=N/NC(=O)c2cc([N+](=O)[O-])cc([N+](=O)[O-])c2)cc1. The van der Waals surface area contributed by atoms with E-state index in [1.54, 1.807) is 0 Å². The normalized spacial score (nSPS) is 10.6. The van der Waals surface area contributed by atoms with Gasteiger partial charge in [0.25, 0.3) is 17.3 Å². The van der Waals surface area contributed by atoms with Gasteiger partial charge in [0.05, 0.1) is 27.7 Å². The maximum absolute atomic E-state index is 12.1. The summed E-state index contributed by atoms with van der Waals surface area (Å²) in [5, 5.41) is 25.6. The summed E-state index contributed by atoms with van der Waals surface area (Å²) in [6.45, 7) is 5.89. The highest BCUT2D eigenvalue weighted by molar-refractivity contribution is 5.96. The number of nitro groups is 2. The number of hydrogen-bond donors (Lipinski definition) is 1. The number of carbonyl (C=O) groups is 1. The van der Waals surface area contributed by atoms with Gasteiger partial charge < -0.3 is 4.90 Å². The molecule has 0 spiro atoms. The molecule has 10 nitrogen and oxygen atoms in total. The molecule has 0 heterocycles. The molecule has 0 atom stereocenters. The second-order valence-electron chi connectivity index (χ2n) is 5.72. The summed E-state index contributed by atoms with van der Waals surface area (Å²) in [6.07, 6.45) is 1.41. The molecule has 0 radical (unpaired) electrons. The minimum atomic E-state index is -0.801. The molecule has 0 saturated carbocycles. The van der Waals surface area contributed by atoms with Gasteiger partial charge in [0.1, 0.15) is 0 Å². The van der Waals surface area contributed by atoms with E-state index in [1.165, 1.54) is 6.21 Å². The maximum Gasteiger partial charge on any atom is 0.277 e. The van der Waals surface area contributed by atoms with Crippen LogP contribution in [0, 0.1) is 20.2 Å². The smallest absolute Gasteiger partial charge is 0.277 e. The molecule has 0 fully saturated rings. The van der Waals surface area contributed by atoms with Crippen molar-refractivity contribution in [2.24, 2.45) is 5.10 Å². The van der Waals surface area contributed by atoms with Crippen LogP contribution >= 0.6 is 0 Å². The monoisotopic (exact) mass is 385 g/mol. The van der Waals surface area contributed by atoms with E-state index in [4.69, 9.17) is 0 Å². The lowest BCUT2D eigenvalue weighted by Crippen LogP contribution is -2.21. The summed E-state index contributed by atoms with van der Waals surface area (Å²) in [4.78, 5) is 34.5. The molecule has 0 aliphatic rings. The lowest BCUT2D eigenvalue weighted by atomic mass is 10.1. The molecule has 1 N–H and O–H groups in total. The van der Waals surface area contributed by atoms with E-state index in [0.717, 1.165) is 42.5 Å². The van der Waals surface area contributed by atoms with Crippen LogP contribution in [0.15, 0.2) is 47.6 Å². The predicted molar refractivity (Wildman–Crippen MR) is 105 cm³/mol. The van der Waals surface area contributed by atoms with Crippen molar-refractivity contribution in [2.75, 3.05) is 18.0 Å². The number of carbonyl (C=O) groups excluding carboxylic acids is 1. The molecular weight excluding hydrogens is 366 g/mol. The van der Waals surface area contributed by atoms with Crippen molar-refractivity contribution in [1.82, 2.24) is 5.43 Å². The topological polar surface area (TPSA) is 131 Å². The summed E-state index contributed by atoms with van der Waals surface area (Å²) in [7, 11) is 0. The number of anilines is 1. The first kappa shape index (κ1) is 20.5. The van der Waals surface area contributed by atoms with Gasteiger partial charge in [-0.05, 0) is 31.5 Å². The fourth-order valence-electron chi connectivity index (χ4n) is 2.53. The van der Waals surface area contributed by atoms with Crippen LogP contribution in [0.4, 0.5) is 17.1 Å². The minimum Gasteiger partial charge on any atom is -0.372 e. The van der Waals surface area contributed by atoms with E-state index >= 15 is 0 Å². The number of rotatable bonds is 8. The highest BCUT2D eigenvalue weighted by Crippen LogP contribution is 2.22. The van der Waals surface area contributed by atoms with Gasteiger partial charge in [-0.25, -0.2) is 5.43 Å².